The van der Waals surface area contributed by atoms with Gasteiger partial charge in [0.05, 0.1) is 5.54 Å². The summed E-state index contributed by atoms with van der Waals surface area (Å²) in [4.78, 5) is 2.26. The van der Waals surface area contributed by atoms with Crippen LogP contribution in [0.25, 0.3) is 0 Å². The molecule has 0 spiro atoms. The molecule has 3 aromatic rings. The van der Waals surface area contributed by atoms with Crippen molar-refractivity contribution < 1.29 is 5.11 Å². The van der Waals surface area contributed by atoms with Crippen LogP contribution in [0.4, 0.5) is 5.69 Å². The highest BCUT2D eigenvalue weighted by Gasteiger charge is 2.32. The second-order valence-corrected chi connectivity index (χ2v) is 8.67. The average Bonchev–Trinajstić information content (AvgIpc) is 2.84. The summed E-state index contributed by atoms with van der Waals surface area (Å²) < 4.78 is 0. The maximum atomic E-state index is 11.0. The highest BCUT2D eigenvalue weighted by atomic mass is 16.3. The fraction of sp³-hybridized carbons (Fsp3) is 0.419. The number of hydrogen-bond donors (Lipinski definition) is 1. The molecule has 0 aliphatic carbocycles. The van der Waals surface area contributed by atoms with E-state index in [-0.39, 0.29) is 5.54 Å². The number of benzene rings is 3. The fourth-order valence-electron chi connectivity index (χ4n) is 4.20. The molecule has 0 aromatic heterocycles. The van der Waals surface area contributed by atoms with Crippen molar-refractivity contribution in [2.75, 3.05) is 11.9 Å². The van der Waals surface area contributed by atoms with E-state index >= 15 is 0 Å². The molecule has 0 saturated carbocycles. The Hall–Kier alpha value is -2.74. The normalized spacial score (nSPS) is 10.5. The van der Waals surface area contributed by atoms with Crippen molar-refractivity contribution in [3.8, 4) is 5.75 Å². The van der Waals surface area contributed by atoms with Crippen LogP contribution in [0.1, 0.15) is 80.5 Å². The Bertz CT molecular complexity index is 972. The molecule has 2 heteroatoms. The molecule has 0 unspecified atom stereocenters. The Morgan fingerprint density at radius 3 is 1.64 bits per heavy atom. The number of phenolic OH excluding ortho intramolecular Hbond substituents is 1. The number of anilines is 1. The first kappa shape index (κ1) is 28.3. The molecule has 0 radical (unpaired) electrons. The maximum Gasteiger partial charge on any atom is 0.124 e. The molecular formula is C31H45NO. The molecule has 0 bridgehead atoms. The first-order valence-corrected chi connectivity index (χ1v) is 12.3. The minimum Gasteiger partial charge on any atom is -0.507 e. The molecule has 1 N–H and O–H groups in total. The van der Waals surface area contributed by atoms with Gasteiger partial charge in [-0.15, -0.1) is 0 Å². The lowest BCUT2D eigenvalue weighted by molar-refractivity contribution is 0.425. The maximum absolute atomic E-state index is 11.0. The Morgan fingerprint density at radius 2 is 1.12 bits per heavy atom. The summed E-state index contributed by atoms with van der Waals surface area (Å²) in [6, 6.07) is 19.3. The monoisotopic (exact) mass is 447 g/mol. The Balaban J connectivity index is 0.00000129. The zero-order valence-corrected chi connectivity index (χ0v) is 22.8. The molecular weight excluding hydrogens is 402 g/mol. The van der Waals surface area contributed by atoms with E-state index in [2.05, 4.69) is 101 Å². The predicted octanol–water partition coefficient (Wildman–Crippen LogP) is 8.64. The van der Waals surface area contributed by atoms with E-state index in [4.69, 9.17) is 0 Å². The minimum absolute atomic E-state index is 0.349. The lowest BCUT2D eigenvalue weighted by atomic mass is 9.82. The smallest absolute Gasteiger partial charge is 0.124 e. The highest BCUT2D eigenvalue weighted by molar-refractivity contribution is 5.60. The Labute approximate surface area is 203 Å². The first-order valence-electron chi connectivity index (χ1n) is 12.3. The Morgan fingerprint density at radius 1 is 0.667 bits per heavy atom. The zero-order chi connectivity index (χ0) is 25.3. The molecule has 3 rings (SSSR count). The van der Waals surface area contributed by atoms with Gasteiger partial charge in [-0.2, -0.15) is 0 Å². The van der Waals surface area contributed by atoms with E-state index in [1.54, 1.807) is 0 Å². The molecule has 0 heterocycles. The van der Waals surface area contributed by atoms with Gasteiger partial charge in [0, 0.05) is 18.3 Å². The Kier molecular flexibility index (Phi) is 10.7. The van der Waals surface area contributed by atoms with Crippen LogP contribution in [-0.4, -0.2) is 12.2 Å². The minimum atomic E-state index is -0.349. The number of hydrogen-bond acceptors (Lipinski definition) is 2. The molecule has 0 amide bonds. The average molecular weight is 448 g/mol. The van der Waals surface area contributed by atoms with Crippen molar-refractivity contribution in [2.45, 2.75) is 81.2 Å². The van der Waals surface area contributed by atoms with Crippen molar-refractivity contribution in [2.24, 2.45) is 0 Å². The lowest BCUT2D eigenvalue weighted by Gasteiger charge is -2.40. The van der Waals surface area contributed by atoms with Crippen LogP contribution in [0, 0.1) is 27.7 Å². The molecule has 2 nitrogen and oxygen atoms in total. The zero-order valence-electron chi connectivity index (χ0n) is 22.8. The van der Waals surface area contributed by atoms with E-state index in [9.17, 15) is 5.11 Å². The summed E-state index contributed by atoms with van der Waals surface area (Å²) in [5.74, 6) is 0.420. The largest absolute Gasteiger partial charge is 0.507 e. The lowest BCUT2D eigenvalue weighted by Crippen LogP contribution is -2.39. The number of phenols is 1. The van der Waals surface area contributed by atoms with Crippen LogP contribution in [-0.2, 0) is 12.0 Å². The SMILES string of the molecule is CC.CC.Cc1c(C)c(C)c(C(C)(C)N(C)c2ccc(Cc3ccccc3)cc2)c(O)c1C. The second-order valence-electron chi connectivity index (χ2n) is 8.67. The van der Waals surface area contributed by atoms with Gasteiger partial charge in [-0.3, -0.25) is 0 Å². The summed E-state index contributed by atoms with van der Waals surface area (Å²) in [5.41, 5.74) is 8.99. The quantitative estimate of drug-likeness (QED) is 0.423. The van der Waals surface area contributed by atoms with Crippen LogP contribution in [0.15, 0.2) is 54.6 Å². The van der Waals surface area contributed by atoms with Gasteiger partial charge in [-0.1, -0.05) is 70.2 Å². The van der Waals surface area contributed by atoms with Crippen LogP contribution in [0.3, 0.4) is 0 Å². The molecule has 0 aliphatic heterocycles. The standard InChI is InChI=1S/C27H33NO.2C2H6/c1-18-19(2)21(4)26(29)25(20(18)3)27(5,6)28(7)24-15-13-23(14-16-24)17-22-11-9-8-10-12-22;2*1-2/h8-16,29H,17H2,1-7H3;2*1-2H3. The second kappa shape index (κ2) is 12.5. The van der Waals surface area contributed by atoms with Crippen molar-refractivity contribution in [1.82, 2.24) is 0 Å². The van der Waals surface area contributed by atoms with Gasteiger partial charge in [-0.25, -0.2) is 0 Å². The van der Waals surface area contributed by atoms with Crippen molar-refractivity contribution in [3.05, 3.63) is 93.5 Å². The van der Waals surface area contributed by atoms with Gasteiger partial charge in [0.2, 0.25) is 0 Å². The third-order valence-corrected chi connectivity index (χ3v) is 6.68. The first-order chi connectivity index (χ1) is 15.6. The van der Waals surface area contributed by atoms with E-state index in [1.807, 2.05) is 34.6 Å². The highest BCUT2D eigenvalue weighted by Crippen LogP contribution is 2.42. The fourth-order valence-corrected chi connectivity index (χ4v) is 4.20. The van der Waals surface area contributed by atoms with Crippen molar-refractivity contribution in [1.29, 1.82) is 0 Å². The number of rotatable bonds is 5. The van der Waals surface area contributed by atoms with Gasteiger partial charge in [0.25, 0.3) is 0 Å². The van der Waals surface area contributed by atoms with Gasteiger partial charge < -0.3 is 10.0 Å². The predicted molar refractivity (Wildman–Crippen MR) is 147 cm³/mol. The van der Waals surface area contributed by atoms with Crippen LogP contribution >= 0.6 is 0 Å². The van der Waals surface area contributed by atoms with Gasteiger partial charge >= 0.3 is 0 Å². The van der Waals surface area contributed by atoms with E-state index in [1.165, 1.54) is 27.8 Å². The summed E-state index contributed by atoms with van der Waals surface area (Å²) >= 11 is 0. The summed E-state index contributed by atoms with van der Waals surface area (Å²) in [7, 11) is 2.11. The molecule has 0 saturated heterocycles. The summed E-state index contributed by atoms with van der Waals surface area (Å²) in [6.07, 6.45) is 0.935. The number of aromatic hydroxyl groups is 1. The van der Waals surface area contributed by atoms with Gasteiger partial charge in [0.15, 0.2) is 0 Å². The van der Waals surface area contributed by atoms with E-state index < -0.39 is 0 Å². The van der Waals surface area contributed by atoms with Crippen LogP contribution in [0.5, 0.6) is 5.75 Å². The molecule has 3 aromatic carbocycles. The van der Waals surface area contributed by atoms with Crippen LogP contribution in [0.2, 0.25) is 0 Å². The summed E-state index contributed by atoms with van der Waals surface area (Å²) in [5, 5.41) is 11.0. The van der Waals surface area contributed by atoms with Gasteiger partial charge in [-0.05, 0) is 93.5 Å². The van der Waals surface area contributed by atoms with Crippen LogP contribution < -0.4 is 4.90 Å². The third-order valence-electron chi connectivity index (χ3n) is 6.68. The van der Waals surface area contributed by atoms with E-state index in [0.717, 1.165) is 23.2 Å². The molecule has 0 fully saturated rings. The topological polar surface area (TPSA) is 23.5 Å². The molecule has 180 valence electrons. The molecule has 0 atom stereocenters. The molecule has 0 aliphatic rings. The number of nitrogens with zero attached hydrogens (tertiary/aromatic N) is 1. The van der Waals surface area contributed by atoms with Crippen molar-refractivity contribution in [3.63, 3.8) is 0 Å². The van der Waals surface area contributed by atoms with Crippen molar-refractivity contribution >= 4 is 5.69 Å². The van der Waals surface area contributed by atoms with E-state index in [0.29, 0.717) is 5.75 Å². The third kappa shape index (κ3) is 6.19. The molecule has 33 heavy (non-hydrogen) atoms. The summed E-state index contributed by atoms with van der Waals surface area (Å²) in [6.45, 7) is 20.7. The van der Waals surface area contributed by atoms with Gasteiger partial charge in [0.1, 0.15) is 5.75 Å².